The van der Waals surface area contributed by atoms with Crippen molar-refractivity contribution in [1.29, 1.82) is 0 Å². The highest BCUT2D eigenvalue weighted by Crippen LogP contribution is 1.87. The standard InChI is InChI=1S/C2H6Si7/c1-5-9(4,6-2)8-7-3/h1-2H3. The Balaban J connectivity index is 3.62. The fourth-order valence-electron chi connectivity index (χ4n) is 0.344. The molecule has 0 nitrogen and oxygen atoms in total. The van der Waals surface area contributed by atoms with Gasteiger partial charge in [0.05, 0.1) is 0 Å². The SMILES string of the molecule is C[Si][Si]([Si])([Si]C)[Si][Si][Si]. The molecule has 0 aromatic heterocycles. The molecule has 0 saturated carbocycles. The third-order valence-corrected chi connectivity index (χ3v) is 40.5. The summed E-state index contributed by atoms with van der Waals surface area (Å²) in [6.45, 7) is 4.66. The Morgan fingerprint density at radius 2 is 1.67 bits per heavy atom. The molecule has 0 aliphatic rings. The molecule has 0 amide bonds. The monoisotopic (exact) mass is 226 g/mol. The Morgan fingerprint density at radius 3 is 1.78 bits per heavy atom. The molecular formula is C2H6Si7. The van der Waals surface area contributed by atoms with E-state index in [0.29, 0.717) is 0 Å². The van der Waals surface area contributed by atoms with E-state index in [-0.39, 0.29) is 0 Å². The Bertz CT molecular complexity index is 67.3. The molecule has 0 spiro atoms. The van der Waals surface area contributed by atoms with E-state index < -0.39 is 6.14 Å². The van der Waals surface area contributed by atoms with Crippen molar-refractivity contribution in [3.63, 3.8) is 0 Å². The van der Waals surface area contributed by atoms with E-state index in [2.05, 4.69) is 32.6 Å². The van der Waals surface area contributed by atoms with E-state index in [4.69, 9.17) is 0 Å². The molecule has 0 aromatic rings. The predicted molar refractivity (Wildman–Crippen MR) is 52.0 cm³/mol. The molecule has 7 heteroatoms. The highest BCUT2D eigenvalue weighted by molar-refractivity contribution is 7.90. The first-order valence-corrected chi connectivity index (χ1v) is 16.5. The van der Waals surface area contributed by atoms with Crippen LogP contribution in [0.5, 0.6) is 0 Å². The van der Waals surface area contributed by atoms with Crippen LogP contribution in [0.3, 0.4) is 0 Å². The van der Waals surface area contributed by atoms with Crippen molar-refractivity contribution < 1.29 is 0 Å². The summed E-state index contributed by atoms with van der Waals surface area (Å²) in [5, 5.41) is 0. The van der Waals surface area contributed by atoms with E-state index in [1.807, 2.05) is 0 Å². The van der Waals surface area contributed by atoms with E-state index >= 15 is 0 Å². The quantitative estimate of drug-likeness (QED) is 0.512. The second-order valence-corrected chi connectivity index (χ2v) is 31.5. The minimum absolute atomic E-state index is 0.845. The summed E-state index contributed by atoms with van der Waals surface area (Å²) in [5.74, 6) is 0. The van der Waals surface area contributed by atoms with Crippen molar-refractivity contribution in [1.82, 2.24) is 0 Å². The van der Waals surface area contributed by atoms with Crippen LogP contribution >= 0.6 is 0 Å². The zero-order valence-electron chi connectivity index (χ0n) is 5.50. The topological polar surface area (TPSA) is 0 Å². The molecule has 0 aliphatic carbocycles. The predicted octanol–water partition coefficient (Wildman–Crippen LogP) is -1.50. The van der Waals surface area contributed by atoms with Crippen LogP contribution in [0.4, 0.5) is 0 Å². The van der Waals surface area contributed by atoms with Gasteiger partial charge in [-0.15, -0.1) is 0 Å². The summed E-state index contributed by atoms with van der Waals surface area (Å²) in [4.78, 5) is 0. The number of hydrogen-bond donors (Lipinski definition) is 0. The van der Waals surface area contributed by atoms with Crippen LogP contribution in [0.2, 0.25) is 13.1 Å². The fraction of sp³-hybridized carbons (Fsp3) is 1.00. The van der Waals surface area contributed by atoms with Crippen LogP contribution < -0.4 is 0 Å². The zero-order valence-corrected chi connectivity index (χ0v) is 12.5. The first kappa shape index (κ1) is 10.5. The third kappa shape index (κ3) is 4.06. The Labute approximate surface area is 73.9 Å². The van der Waals surface area contributed by atoms with Gasteiger partial charge >= 0.3 is 0 Å². The molecular weight excluding hydrogens is 221 g/mol. The molecule has 14 radical (unpaired) electrons. The summed E-state index contributed by atoms with van der Waals surface area (Å²) >= 11 is 0. The molecule has 0 saturated heterocycles. The normalized spacial score (nSPS) is 12.0. The Kier molecular flexibility index (Phi) is 6.08. The fourth-order valence-corrected chi connectivity index (χ4v) is 36.3. The van der Waals surface area contributed by atoms with Crippen LogP contribution in [-0.2, 0) is 0 Å². The lowest BCUT2D eigenvalue weighted by molar-refractivity contribution is 2.33. The van der Waals surface area contributed by atoms with E-state index in [9.17, 15) is 0 Å². The highest BCUT2D eigenvalue weighted by Gasteiger charge is 2.21. The Hall–Kier alpha value is 1.52. The molecule has 0 aromatic carbocycles. The van der Waals surface area contributed by atoms with E-state index in [1.165, 1.54) is 8.55 Å². The highest BCUT2D eigenvalue weighted by atomic mass is 30.2. The molecule has 0 fully saturated rings. The molecule has 9 heavy (non-hydrogen) atoms. The summed E-state index contributed by atoms with van der Waals surface area (Å²) < 4.78 is 0. The zero-order chi connectivity index (χ0) is 7.33. The molecule has 0 rings (SSSR count). The van der Waals surface area contributed by atoms with Gasteiger partial charge in [0.15, 0.2) is 0 Å². The van der Waals surface area contributed by atoms with Gasteiger partial charge in [-0.2, -0.15) is 0 Å². The van der Waals surface area contributed by atoms with E-state index in [1.54, 1.807) is 0 Å². The van der Waals surface area contributed by atoms with Crippen molar-refractivity contribution in [2.45, 2.75) is 13.1 Å². The maximum atomic E-state index is 3.95. The summed E-state index contributed by atoms with van der Waals surface area (Å²) in [7, 11) is 12.0. The van der Waals surface area contributed by atoms with Gasteiger partial charge in [0.1, 0.15) is 0 Å². The first-order valence-electron chi connectivity index (χ1n) is 2.50. The number of hydrogen-bond acceptors (Lipinski definition) is 0. The van der Waals surface area contributed by atoms with Gasteiger partial charge < -0.3 is 0 Å². The van der Waals surface area contributed by atoms with Crippen LogP contribution in [0, 0.1) is 0 Å². The van der Waals surface area contributed by atoms with Gasteiger partial charge in [-0.25, -0.2) is 0 Å². The van der Waals surface area contributed by atoms with Crippen molar-refractivity contribution in [3.8, 4) is 0 Å². The summed E-state index contributed by atoms with van der Waals surface area (Å²) in [5.41, 5.74) is 0. The lowest BCUT2D eigenvalue weighted by Crippen LogP contribution is -2.56. The summed E-state index contributed by atoms with van der Waals surface area (Å²) in [6, 6.07) is 0. The molecule has 0 bridgehead atoms. The molecule has 0 N–H and O–H groups in total. The van der Waals surface area contributed by atoms with Crippen molar-refractivity contribution in [3.05, 3.63) is 0 Å². The Morgan fingerprint density at radius 1 is 1.22 bits per heavy atom. The molecule has 42 valence electrons. The third-order valence-electron chi connectivity index (χ3n) is 1.00. The van der Waals surface area contributed by atoms with Crippen LogP contribution in [-0.4, -0.2) is 60.8 Å². The lowest BCUT2D eigenvalue weighted by Gasteiger charge is -2.20. The minimum Gasteiger partial charge on any atom is -0.0761 e. The van der Waals surface area contributed by atoms with Gasteiger partial charge in [-0.3, -0.25) is 0 Å². The van der Waals surface area contributed by atoms with Gasteiger partial charge in [-0.05, 0) is 0 Å². The summed E-state index contributed by atoms with van der Waals surface area (Å²) in [6.07, 6.45) is -0.845. The van der Waals surface area contributed by atoms with Crippen LogP contribution in [0.25, 0.3) is 0 Å². The van der Waals surface area contributed by atoms with Crippen LogP contribution in [0.1, 0.15) is 0 Å². The average molecular weight is 227 g/mol. The van der Waals surface area contributed by atoms with Gasteiger partial charge in [0.2, 0.25) is 0 Å². The molecule has 0 heterocycles. The molecule has 0 unspecified atom stereocenters. The molecule has 0 aliphatic heterocycles. The molecule has 0 atom stereocenters. The smallest absolute Gasteiger partial charge is 0.0148 e. The maximum absolute atomic E-state index is 3.95. The largest absolute Gasteiger partial charge is 0.0761 e. The van der Waals surface area contributed by atoms with Crippen molar-refractivity contribution in [2.75, 3.05) is 0 Å². The average Bonchev–Trinajstić information content (AvgIpc) is 1.89. The minimum atomic E-state index is -0.845. The van der Waals surface area contributed by atoms with Gasteiger partial charge in [-0.1, -0.05) is 13.1 Å². The van der Waals surface area contributed by atoms with Crippen molar-refractivity contribution >= 4 is 60.8 Å². The van der Waals surface area contributed by atoms with Gasteiger partial charge in [0, 0.05) is 60.8 Å². The van der Waals surface area contributed by atoms with Gasteiger partial charge in [0.25, 0.3) is 0 Å². The lowest BCUT2D eigenvalue weighted by atomic mass is 11.9. The first-order chi connectivity index (χ1) is 4.18. The van der Waals surface area contributed by atoms with E-state index in [0.717, 1.165) is 26.6 Å². The second kappa shape index (κ2) is 5.21. The number of rotatable bonds is 4. The second-order valence-electron chi connectivity index (χ2n) is 1.50. The van der Waals surface area contributed by atoms with Crippen LogP contribution in [0.15, 0.2) is 0 Å². The van der Waals surface area contributed by atoms with Crippen molar-refractivity contribution in [2.24, 2.45) is 0 Å². The maximum Gasteiger partial charge on any atom is 0.0148 e.